The van der Waals surface area contributed by atoms with Crippen LogP contribution in [-0.2, 0) is 0 Å². The Morgan fingerprint density at radius 2 is 2.00 bits per heavy atom. The van der Waals surface area contributed by atoms with Crippen molar-refractivity contribution in [1.29, 1.82) is 0 Å². The number of phenolic OH excluding ortho intramolecular Hbond substituents is 1. The second kappa shape index (κ2) is 5.38. The van der Waals surface area contributed by atoms with Gasteiger partial charge in [-0.05, 0) is 18.6 Å². The van der Waals surface area contributed by atoms with Gasteiger partial charge in [-0.25, -0.2) is 0 Å². The average Bonchev–Trinajstić information content (AvgIpc) is 2.23. The zero-order valence-electron chi connectivity index (χ0n) is 8.39. The molecule has 0 aliphatic carbocycles. The Morgan fingerprint density at radius 3 is 2.60 bits per heavy atom. The number of aromatic hydroxyl groups is 1. The number of hydrogen-bond donors (Lipinski definition) is 1. The minimum atomic E-state index is -0.103. The third-order valence-electron chi connectivity index (χ3n) is 2.12. The Bertz CT molecular complexity index is 375. The van der Waals surface area contributed by atoms with Gasteiger partial charge in [0.1, 0.15) is 10.8 Å². The van der Waals surface area contributed by atoms with Crippen molar-refractivity contribution in [1.82, 2.24) is 0 Å². The SMILES string of the molecule is CCCCC(=O)c1ccc(O)c(Cl)c1Cl. The number of carbonyl (C=O) groups is 1. The Morgan fingerprint density at radius 1 is 1.33 bits per heavy atom. The topological polar surface area (TPSA) is 37.3 Å². The van der Waals surface area contributed by atoms with Crippen LogP contribution >= 0.6 is 23.2 Å². The quantitative estimate of drug-likeness (QED) is 0.814. The molecule has 0 bridgehead atoms. The Kier molecular flexibility index (Phi) is 4.43. The van der Waals surface area contributed by atoms with Gasteiger partial charge in [-0.15, -0.1) is 0 Å². The molecule has 0 aliphatic rings. The number of rotatable bonds is 4. The summed E-state index contributed by atoms with van der Waals surface area (Å²) in [5.41, 5.74) is 0.382. The average molecular weight is 247 g/mol. The lowest BCUT2D eigenvalue weighted by Gasteiger charge is -2.05. The van der Waals surface area contributed by atoms with Gasteiger partial charge in [0.25, 0.3) is 0 Å². The molecule has 0 saturated carbocycles. The molecule has 0 aromatic heterocycles. The highest BCUT2D eigenvalue weighted by Gasteiger charge is 2.14. The first kappa shape index (κ1) is 12.3. The molecule has 1 aromatic carbocycles. The summed E-state index contributed by atoms with van der Waals surface area (Å²) in [6.07, 6.45) is 2.24. The molecular weight excluding hydrogens is 235 g/mol. The molecule has 0 aliphatic heterocycles. The molecule has 1 aromatic rings. The van der Waals surface area contributed by atoms with E-state index in [0.29, 0.717) is 12.0 Å². The summed E-state index contributed by atoms with van der Waals surface area (Å²) in [6, 6.07) is 2.88. The number of hydrogen-bond acceptors (Lipinski definition) is 2. The number of carbonyl (C=O) groups excluding carboxylic acids is 1. The maximum Gasteiger partial charge on any atom is 0.164 e. The molecule has 0 fully saturated rings. The zero-order chi connectivity index (χ0) is 11.4. The van der Waals surface area contributed by atoms with E-state index in [1.54, 1.807) is 0 Å². The number of ketones is 1. The standard InChI is InChI=1S/C11H12Cl2O2/c1-2-3-4-8(14)7-5-6-9(15)11(13)10(7)12/h5-6,15H,2-4H2,1H3. The van der Waals surface area contributed by atoms with Gasteiger partial charge in [-0.2, -0.15) is 0 Å². The minimum Gasteiger partial charge on any atom is -0.506 e. The fourth-order valence-corrected chi connectivity index (χ4v) is 1.66. The number of Topliss-reactive ketones (excluding diaryl/α,β-unsaturated/α-hetero) is 1. The maximum absolute atomic E-state index is 11.7. The fraction of sp³-hybridized carbons (Fsp3) is 0.364. The highest BCUT2D eigenvalue weighted by atomic mass is 35.5. The van der Waals surface area contributed by atoms with Gasteiger partial charge in [0.15, 0.2) is 5.78 Å². The minimum absolute atomic E-state index is 0.0382. The van der Waals surface area contributed by atoms with Crippen molar-refractivity contribution < 1.29 is 9.90 Å². The predicted molar refractivity (Wildman–Crippen MR) is 62.0 cm³/mol. The Balaban J connectivity index is 2.95. The molecule has 0 heterocycles. The highest BCUT2D eigenvalue weighted by Crippen LogP contribution is 2.34. The molecule has 4 heteroatoms. The van der Waals surface area contributed by atoms with Crippen LogP contribution in [0.3, 0.4) is 0 Å². The van der Waals surface area contributed by atoms with E-state index in [4.69, 9.17) is 23.2 Å². The van der Waals surface area contributed by atoms with Crippen molar-refractivity contribution >= 4 is 29.0 Å². The van der Waals surface area contributed by atoms with Crippen molar-refractivity contribution in [3.63, 3.8) is 0 Å². The smallest absolute Gasteiger partial charge is 0.164 e. The zero-order valence-corrected chi connectivity index (χ0v) is 9.90. The third-order valence-corrected chi connectivity index (χ3v) is 2.99. The van der Waals surface area contributed by atoms with Gasteiger partial charge in [-0.1, -0.05) is 36.5 Å². The van der Waals surface area contributed by atoms with Gasteiger partial charge >= 0.3 is 0 Å². The van der Waals surface area contributed by atoms with E-state index in [-0.39, 0.29) is 21.6 Å². The van der Waals surface area contributed by atoms with Crippen LogP contribution in [-0.4, -0.2) is 10.9 Å². The molecule has 0 radical (unpaired) electrons. The molecule has 0 amide bonds. The first-order valence-electron chi connectivity index (χ1n) is 4.78. The second-order valence-corrected chi connectivity index (χ2v) is 4.04. The summed E-state index contributed by atoms with van der Waals surface area (Å²) < 4.78 is 0. The molecule has 2 nitrogen and oxygen atoms in total. The van der Waals surface area contributed by atoms with Gasteiger partial charge in [0.05, 0.1) is 5.02 Å². The summed E-state index contributed by atoms with van der Waals surface area (Å²) in [5.74, 6) is -0.141. The third kappa shape index (κ3) is 2.86. The number of halogens is 2. The van der Waals surface area contributed by atoms with E-state index in [1.807, 2.05) is 6.92 Å². The monoisotopic (exact) mass is 246 g/mol. The van der Waals surface area contributed by atoms with Crippen molar-refractivity contribution in [2.45, 2.75) is 26.2 Å². The molecule has 1 N–H and O–H groups in total. The van der Waals surface area contributed by atoms with Crippen LogP contribution in [0.2, 0.25) is 10.0 Å². The largest absolute Gasteiger partial charge is 0.506 e. The lowest BCUT2D eigenvalue weighted by molar-refractivity contribution is 0.0980. The van der Waals surface area contributed by atoms with Crippen molar-refractivity contribution in [3.05, 3.63) is 27.7 Å². The van der Waals surface area contributed by atoms with Gasteiger partial charge in [0.2, 0.25) is 0 Å². The summed E-state index contributed by atoms with van der Waals surface area (Å²) >= 11 is 11.6. The van der Waals surface area contributed by atoms with Crippen molar-refractivity contribution in [3.8, 4) is 5.75 Å². The molecule has 1 rings (SSSR count). The number of phenols is 1. The summed E-state index contributed by atoms with van der Waals surface area (Å²) in [5, 5.41) is 9.43. The van der Waals surface area contributed by atoms with E-state index < -0.39 is 0 Å². The number of benzene rings is 1. The van der Waals surface area contributed by atoms with E-state index in [9.17, 15) is 9.90 Å². The highest BCUT2D eigenvalue weighted by molar-refractivity contribution is 6.44. The van der Waals surface area contributed by atoms with E-state index >= 15 is 0 Å². The normalized spacial score (nSPS) is 10.3. The molecular formula is C11H12Cl2O2. The van der Waals surface area contributed by atoms with Crippen LogP contribution in [0.25, 0.3) is 0 Å². The van der Waals surface area contributed by atoms with Crippen LogP contribution in [0.4, 0.5) is 0 Å². The summed E-state index contributed by atoms with van der Waals surface area (Å²) in [7, 11) is 0. The first-order chi connectivity index (χ1) is 7.07. The molecule has 0 atom stereocenters. The van der Waals surface area contributed by atoms with Crippen LogP contribution < -0.4 is 0 Å². The molecule has 82 valence electrons. The summed E-state index contributed by atoms with van der Waals surface area (Å²) in [4.78, 5) is 11.7. The first-order valence-corrected chi connectivity index (χ1v) is 5.53. The second-order valence-electron chi connectivity index (χ2n) is 3.29. The summed E-state index contributed by atoms with van der Waals surface area (Å²) in [6.45, 7) is 2.01. The van der Waals surface area contributed by atoms with E-state index in [2.05, 4.69) is 0 Å². The van der Waals surface area contributed by atoms with E-state index in [0.717, 1.165) is 12.8 Å². The van der Waals surface area contributed by atoms with Gasteiger partial charge < -0.3 is 5.11 Å². The van der Waals surface area contributed by atoms with Crippen LogP contribution in [0, 0.1) is 0 Å². The lowest BCUT2D eigenvalue weighted by Crippen LogP contribution is -1.99. The maximum atomic E-state index is 11.7. The molecule has 0 saturated heterocycles. The van der Waals surface area contributed by atoms with Crippen LogP contribution in [0.5, 0.6) is 5.75 Å². The van der Waals surface area contributed by atoms with E-state index in [1.165, 1.54) is 12.1 Å². The van der Waals surface area contributed by atoms with Crippen LogP contribution in [0.1, 0.15) is 36.5 Å². The van der Waals surface area contributed by atoms with Crippen molar-refractivity contribution in [2.75, 3.05) is 0 Å². The fourth-order valence-electron chi connectivity index (χ4n) is 1.23. The lowest BCUT2D eigenvalue weighted by atomic mass is 10.1. The molecule has 15 heavy (non-hydrogen) atoms. The van der Waals surface area contributed by atoms with Gasteiger partial charge in [-0.3, -0.25) is 4.79 Å². The predicted octanol–water partition coefficient (Wildman–Crippen LogP) is 4.07. The Hall–Kier alpha value is -0.730. The van der Waals surface area contributed by atoms with Crippen molar-refractivity contribution in [2.24, 2.45) is 0 Å². The molecule has 0 unspecified atom stereocenters. The number of unbranched alkanes of at least 4 members (excludes halogenated alkanes) is 1. The molecule has 0 spiro atoms. The van der Waals surface area contributed by atoms with Crippen LogP contribution in [0.15, 0.2) is 12.1 Å². The Labute approximate surface area is 98.8 Å². The van der Waals surface area contributed by atoms with Gasteiger partial charge in [0, 0.05) is 12.0 Å².